The molecule has 0 bridgehead atoms. The molecule has 5 nitrogen and oxygen atoms in total. The van der Waals surface area contributed by atoms with Gasteiger partial charge in [-0.1, -0.05) is 120 Å². The summed E-state index contributed by atoms with van der Waals surface area (Å²) in [5.74, 6) is 0.108. The Kier molecular flexibility index (Phi) is 7.52. The SMILES string of the molecule is CCCCC(N1C[C@@](Cc2ccccc2)(N2C(=O)OC[C@@H]2c2ccccc2)C1=O)([Si](C)(C)C)[Si](C)(C)C. The van der Waals surface area contributed by atoms with Crippen LogP contribution in [0.15, 0.2) is 60.7 Å². The lowest BCUT2D eigenvalue weighted by molar-refractivity contribution is -0.167. The Balaban J connectivity index is 1.83. The Bertz CT molecular complexity index is 1100. The average Bonchev–Trinajstić information content (AvgIpc) is 3.23. The Morgan fingerprint density at radius 3 is 2.00 bits per heavy atom. The number of cyclic esters (lactones) is 1. The van der Waals surface area contributed by atoms with E-state index in [1.165, 1.54) is 0 Å². The minimum Gasteiger partial charge on any atom is -0.447 e. The number of hydrogen-bond acceptors (Lipinski definition) is 3. The first-order chi connectivity index (χ1) is 17.4. The van der Waals surface area contributed by atoms with Crippen molar-refractivity contribution in [3.63, 3.8) is 0 Å². The van der Waals surface area contributed by atoms with Crippen LogP contribution in [-0.2, 0) is 16.0 Å². The standard InChI is InChI=1S/C30H44N2O3Si2/c1-8-9-20-30(36(2,3)4,37(5,6)7)31-23-29(27(31)33,21-24-16-12-10-13-17-24)32-26(22-35-28(32)34)25-18-14-11-15-19-25/h10-19,26H,8-9,20-23H2,1-7H3/t26-,29-/m1/s1. The lowest BCUT2D eigenvalue weighted by Gasteiger charge is -2.67. The highest BCUT2D eigenvalue weighted by Crippen LogP contribution is 2.50. The van der Waals surface area contributed by atoms with E-state index in [-0.39, 0.29) is 29.4 Å². The zero-order valence-electron chi connectivity index (χ0n) is 23.7. The van der Waals surface area contributed by atoms with E-state index in [1.54, 1.807) is 4.90 Å². The van der Waals surface area contributed by atoms with Crippen LogP contribution in [0.4, 0.5) is 4.79 Å². The molecule has 2 amide bonds. The van der Waals surface area contributed by atoms with Gasteiger partial charge in [0.15, 0.2) is 0 Å². The van der Waals surface area contributed by atoms with Crippen LogP contribution in [0, 0.1) is 0 Å². The zero-order valence-corrected chi connectivity index (χ0v) is 25.7. The quantitative estimate of drug-likeness (QED) is 0.251. The van der Waals surface area contributed by atoms with Crippen molar-refractivity contribution >= 4 is 28.1 Å². The van der Waals surface area contributed by atoms with Crippen LogP contribution >= 0.6 is 0 Å². The van der Waals surface area contributed by atoms with Gasteiger partial charge in [0.1, 0.15) is 12.1 Å². The van der Waals surface area contributed by atoms with Crippen molar-refractivity contribution < 1.29 is 14.3 Å². The first-order valence-electron chi connectivity index (χ1n) is 13.8. The Labute approximate surface area is 225 Å². The number of β-lactam (4-membered cyclic amide) rings is 1. The van der Waals surface area contributed by atoms with Crippen LogP contribution in [0.1, 0.15) is 43.4 Å². The van der Waals surface area contributed by atoms with Gasteiger partial charge in [0.05, 0.1) is 28.7 Å². The molecule has 2 saturated heterocycles. The predicted molar refractivity (Wildman–Crippen MR) is 156 cm³/mol. The molecular formula is C30H44N2O3Si2. The highest BCUT2D eigenvalue weighted by atomic mass is 28.4. The first kappa shape index (κ1) is 27.6. The summed E-state index contributed by atoms with van der Waals surface area (Å²) in [5, 5.41) is 0. The van der Waals surface area contributed by atoms with Crippen LogP contribution in [0.5, 0.6) is 0 Å². The first-order valence-corrected chi connectivity index (χ1v) is 20.8. The molecule has 0 saturated carbocycles. The maximum Gasteiger partial charge on any atom is 0.411 e. The summed E-state index contributed by atoms with van der Waals surface area (Å²) < 4.78 is 5.65. The van der Waals surface area contributed by atoms with Gasteiger partial charge >= 0.3 is 6.09 Å². The molecule has 2 aliphatic rings. The molecule has 0 N–H and O–H groups in total. The Hall–Kier alpha value is -2.39. The summed E-state index contributed by atoms with van der Waals surface area (Å²) in [6.07, 6.45) is 3.40. The van der Waals surface area contributed by atoms with Gasteiger partial charge in [-0.3, -0.25) is 9.69 Å². The average molecular weight is 537 g/mol. The van der Waals surface area contributed by atoms with Gasteiger partial charge in [0, 0.05) is 11.2 Å². The normalized spacial score (nSPS) is 22.7. The second kappa shape index (κ2) is 10.1. The van der Waals surface area contributed by atoms with E-state index in [1.807, 2.05) is 48.5 Å². The monoisotopic (exact) mass is 536 g/mol. The second-order valence-electron chi connectivity index (χ2n) is 12.9. The van der Waals surface area contributed by atoms with Crippen molar-refractivity contribution in [2.24, 2.45) is 0 Å². The zero-order chi connectivity index (χ0) is 27.1. The number of benzene rings is 2. The molecule has 0 radical (unpaired) electrons. The fourth-order valence-corrected chi connectivity index (χ4v) is 20.1. The number of carbonyl (C=O) groups excluding carboxylic acids is 2. The van der Waals surface area contributed by atoms with E-state index in [0.717, 1.165) is 30.4 Å². The third kappa shape index (κ3) is 4.58. The smallest absolute Gasteiger partial charge is 0.411 e. The molecule has 0 aliphatic carbocycles. The number of amides is 2. The van der Waals surface area contributed by atoms with Crippen LogP contribution in [0.2, 0.25) is 39.3 Å². The van der Waals surface area contributed by atoms with E-state index >= 15 is 0 Å². The second-order valence-corrected chi connectivity index (χ2v) is 24.1. The van der Waals surface area contributed by atoms with Gasteiger partial charge in [0.25, 0.3) is 5.91 Å². The van der Waals surface area contributed by atoms with Gasteiger partial charge in [-0.25, -0.2) is 4.79 Å². The van der Waals surface area contributed by atoms with Gasteiger partial charge in [-0.15, -0.1) is 0 Å². The number of rotatable bonds is 10. The fraction of sp³-hybridized carbons (Fsp3) is 0.533. The molecule has 0 unspecified atom stereocenters. The molecule has 2 aromatic carbocycles. The molecule has 7 heteroatoms. The molecule has 37 heavy (non-hydrogen) atoms. The summed E-state index contributed by atoms with van der Waals surface area (Å²) >= 11 is 0. The Morgan fingerprint density at radius 1 is 0.919 bits per heavy atom. The topological polar surface area (TPSA) is 49.9 Å². The number of carbonyl (C=O) groups is 2. The van der Waals surface area contributed by atoms with Gasteiger partial charge < -0.3 is 9.64 Å². The molecular weight excluding hydrogens is 493 g/mol. The van der Waals surface area contributed by atoms with E-state index in [2.05, 4.69) is 63.2 Å². The van der Waals surface area contributed by atoms with E-state index in [0.29, 0.717) is 13.0 Å². The van der Waals surface area contributed by atoms with Crippen LogP contribution < -0.4 is 0 Å². The van der Waals surface area contributed by atoms with E-state index in [9.17, 15) is 9.59 Å². The molecule has 4 rings (SSSR count). The van der Waals surface area contributed by atoms with Crippen molar-refractivity contribution in [2.45, 2.75) is 88.3 Å². The minimum atomic E-state index is -1.84. The lowest BCUT2D eigenvalue weighted by atomic mass is 9.79. The highest BCUT2D eigenvalue weighted by molar-refractivity contribution is 6.99. The summed E-state index contributed by atoms with van der Waals surface area (Å²) in [6, 6.07) is 19.9. The summed E-state index contributed by atoms with van der Waals surface area (Å²) in [5.41, 5.74) is 1.15. The maximum atomic E-state index is 14.8. The summed E-state index contributed by atoms with van der Waals surface area (Å²) in [4.78, 5) is 32.2. The molecule has 2 heterocycles. The van der Waals surface area contributed by atoms with Gasteiger partial charge in [-0.2, -0.15) is 0 Å². The number of likely N-dealkylation sites (tertiary alicyclic amines) is 1. The van der Waals surface area contributed by atoms with Crippen molar-refractivity contribution in [1.82, 2.24) is 9.80 Å². The Morgan fingerprint density at radius 2 is 1.49 bits per heavy atom. The molecule has 2 fully saturated rings. The third-order valence-electron chi connectivity index (χ3n) is 8.76. The fourth-order valence-electron chi connectivity index (χ4n) is 7.27. The van der Waals surface area contributed by atoms with Crippen LogP contribution in [-0.4, -0.2) is 61.4 Å². The molecule has 2 aliphatic heterocycles. The van der Waals surface area contributed by atoms with E-state index < -0.39 is 21.7 Å². The molecule has 0 spiro atoms. The lowest BCUT2D eigenvalue weighted by Crippen LogP contribution is -2.87. The largest absolute Gasteiger partial charge is 0.447 e. The van der Waals surface area contributed by atoms with Crippen molar-refractivity contribution in [3.8, 4) is 0 Å². The van der Waals surface area contributed by atoms with Gasteiger partial charge in [0.2, 0.25) is 0 Å². The van der Waals surface area contributed by atoms with Crippen molar-refractivity contribution in [3.05, 3.63) is 71.8 Å². The van der Waals surface area contributed by atoms with Crippen LogP contribution in [0.25, 0.3) is 0 Å². The highest BCUT2D eigenvalue weighted by Gasteiger charge is 2.69. The molecule has 2 atom stereocenters. The molecule has 0 aromatic heterocycles. The van der Waals surface area contributed by atoms with Crippen molar-refractivity contribution in [1.29, 1.82) is 0 Å². The predicted octanol–water partition coefficient (Wildman–Crippen LogP) is 6.69. The minimum absolute atomic E-state index is 0.0842. The number of ether oxygens (including phenoxy) is 1. The van der Waals surface area contributed by atoms with Crippen molar-refractivity contribution in [2.75, 3.05) is 13.2 Å². The maximum absolute atomic E-state index is 14.8. The molecule has 2 aromatic rings. The number of nitrogens with zero attached hydrogens (tertiary/aromatic N) is 2. The molecule has 200 valence electrons. The summed E-state index contributed by atoms with van der Waals surface area (Å²) in [7, 11) is -3.69. The number of unbranched alkanes of at least 4 members (excludes halogenated alkanes) is 1. The van der Waals surface area contributed by atoms with E-state index in [4.69, 9.17) is 4.74 Å². The van der Waals surface area contributed by atoms with Crippen LogP contribution in [0.3, 0.4) is 0 Å². The summed E-state index contributed by atoms with van der Waals surface area (Å²) in [6.45, 7) is 17.7. The number of hydrogen-bond donors (Lipinski definition) is 0. The van der Waals surface area contributed by atoms with Gasteiger partial charge in [-0.05, 0) is 17.5 Å². The third-order valence-corrected chi connectivity index (χ3v) is 19.3.